The molecule has 2 aliphatic heterocycles. The van der Waals surface area contributed by atoms with Gasteiger partial charge in [0.05, 0.1) is 11.9 Å². The normalized spacial score (nSPS) is 23.6. The molecule has 0 radical (unpaired) electrons. The number of aryl methyl sites for hydroxylation is 1. The highest BCUT2D eigenvalue weighted by Crippen LogP contribution is 2.26. The summed E-state index contributed by atoms with van der Waals surface area (Å²) >= 11 is 0. The Morgan fingerprint density at radius 1 is 1.21 bits per heavy atom. The number of aromatic nitrogens is 2. The Hall–Kier alpha value is -2.70. The van der Waals surface area contributed by atoms with E-state index in [0.29, 0.717) is 12.1 Å². The third-order valence-electron chi connectivity index (χ3n) is 6.27. The first-order chi connectivity index (χ1) is 14.2. The van der Waals surface area contributed by atoms with E-state index in [9.17, 15) is 4.79 Å². The van der Waals surface area contributed by atoms with Gasteiger partial charge in [0.2, 0.25) is 0 Å². The third-order valence-corrected chi connectivity index (χ3v) is 6.27. The van der Waals surface area contributed by atoms with E-state index in [1.165, 1.54) is 5.56 Å². The monoisotopic (exact) mass is 389 g/mol. The number of benzene rings is 1. The molecule has 0 saturated carbocycles. The Labute approximate surface area is 171 Å². The Morgan fingerprint density at radius 2 is 2.07 bits per heavy atom. The largest absolute Gasteiger partial charge is 0.333 e. The number of hydrogen-bond donors (Lipinski definition) is 1. The van der Waals surface area contributed by atoms with Crippen molar-refractivity contribution in [2.75, 3.05) is 26.2 Å². The average Bonchev–Trinajstić information content (AvgIpc) is 3.34. The number of piperazine rings is 1. The summed E-state index contributed by atoms with van der Waals surface area (Å²) in [6.45, 7) is 6.57. The van der Waals surface area contributed by atoms with Crippen LogP contribution in [0.15, 0.2) is 54.9 Å². The van der Waals surface area contributed by atoms with Crippen molar-refractivity contribution in [2.24, 2.45) is 0 Å². The molecule has 1 N–H and O–H groups in total. The molecule has 2 fully saturated rings. The molecular weight excluding hydrogens is 362 g/mol. The fraction of sp³-hybridized carbons (Fsp3) is 0.391. The molecule has 1 amide bonds. The quantitative estimate of drug-likeness (QED) is 0.728. The van der Waals surface area contributed by atoms with Gasteiger partial charge in [-0.15, -0.1) is 0 Å². The smallest absolute Gasteiger partial charge is 0.254 e. The van der Waals surface area contributed by atoms with Gasteiger partial charge in [0.1, 0.15) is 5.65 Å². The summed E-state index contributed by atoms with van der Waals surface area (Å²) in [5.74, 6) is 0.166. The first-order valence-corrected chi connectivity index (χ1v) is 10.4. The topological polar surface area (TPSA) is 52.9 Å². The summed E-state index contributed by atoms with van der Waals surface area (Å²) in [6.07, 6.45) is 5.10. The molecule has 5 rings (SSSR count). The van der Waals surface area contributed by atoms with Crippen LogP contribution in [0.5, 0.6) is 0 Å². The first kappa shape index (κ1) is 18.3. The fourth-order valence-electron chi connectivity index (χ4n) is 4.67. The van der Waals surface area contributed by atoms with Crippen LogP contribution in [0.25, 0.3) is 5.65 Å². The molecule has 3 aromatic rings. The summed E-state index contributed by atoms with van der Waals surface area (Å²) in [5.41, 5.74) is 4.16. The molecule has 6 heteroatoms. The van der Waals surface area contributed by atoms with Crippen LogP contribution >= 0.6 is 0 Å². The molecule has 4 heterocycles. The maximum Gasteiger partial charge on any atom is 0.254 e. The van der Waals surface area contributed by atoms with Crippen LogP contribution in [0.3, 0.4) is 0 Å². The van der Waals surface area contributed by atoms with Crippen LogP contribution in [0, 0.1) is 6.92 Å². The number of carbonyl (C=O) groups is 1. The number of nitrogens with zero attached hydrogens (tertiary/aromatic N) is 4. The van der Waals surface area contributed by atoms with Crippen LogP contribution in [-0.4, -0.2) is 63.4 Å². The van der Waals surface area contributed by atoms with Crippen LogP contribution < -0.4 is 5.32 Å². The van der Waals surface area contributed by atoms with Crippen molar-refractivity contribution in [3.63, 3.8) is 0 Å². The second-order valence-corrected chi connectivity index (χ2v) is 8.23. The van der Waals surface area contributed by atoms with E-state index < -0.39 is 0 Å². The molecule has 3 atom stereocenters. The number of imidazole rings is 1. The summed E-state index contributed by atoms with van der Waals surface area (Å²) in [6, 6.07) is 14.6. The highest BCUT2D eigenvalue weighted by molar-refractivity contribution is 5.94. The van der Waals surface area contributed by atoms with Gasteiger partial charge in [-0.2, -0.15) is 0 Å². The molecule has 150 valence electrons. The molecule has 0 spiro atoms. The van der Waals surface area contributed by atoms with Gasteiger partial charge in [-0.1, -0.05) is 18.2 Å². The Morgan fingerprint density at radius 3 is 2.93 bits per heavy atom. The molecule has 2 saturated heterocycles. The van der Waals surface area contributed by atoms with Gasteiger partial charge in [0.15, 0.2) is 0 Å². The standard InChI is InChI=1S/C23H27N5O/c1-17-7-10-27-20(14-25-22(27)11-17)12-24-13-21-16-28(19-8-9-26(21)15-19)23(29)18-5-3-2-4-6-18/h2-7,10-11,14,19,21,24H,8-9,12-13,15-16H2,1H3/t19-,21-/m0/s1. The average molecular weight is 390 g/mol. The number of hydrogen-bond acceptors (Lipinski definition) is 4. The van der Waals surface area contributed by atoms with Gasteiger partial charge in [0, 0.05) is 56.6 Å². The molecule has 2 aromatic heterocycles. The molecule has 0 aliphatic carbocycles. The minimum Gasteiger partial charge on any atom is -0.333 e. The molecule has 6 nitrogen and oxygen atoms in total. The molecular formula is C23H27N5O. The maximum atomic E-state index is 13.0. The lowest BCUT2D eigenvalue weighted by molar-refractivity contribution is 0.0494. The van der Waals surface area contributed by atoms with Crippen molar-refractivity contribution in [2.45, 2.75) is 32.0 Å². The van der Waals surface area contributed by atoms with Crippen molar-refractivity contribution in [3.8, 4) is 0 Å². The van der Waals surface area contributed by atoms with Crippen molar-refractivity contribution in [3.05, 3.63) is 71.7 Å². The van der Waals surface area contributed by atoms with E-state index in [2.05, 4.69) is 49.8 Å². The van der Waals surface area contributed by atoms with Crippen molar-refractivity contribution in [1.82, 2.24) is 24.5 Å². The second kappa shape index (κ2) is 7.61. The van der Waals surface area contributed by atoms with Crippen LogP contribution in [0.2, 0.25) is 0 Å². The van der Waals surface area contributed by atoms with Gasteiger partial charge in [-0.25, -0.2) is 4.98 Å². The third kappa shape index (κ3) is 3.54. The lowest BCUT2D eigenvalue weighted by atomic mass is 10.1. The highest BCUT2D eigenvalue weighted by atomic mass is 16.2. The zero-order valence-corrected chi connectivity index (χ0v) is 16.8. The highest BCUT2D eigenvalue weighted by Gasteiger charge is 2.40. The number of amides is 1. The zero-order chi connectivity index (χ0) is 19.8. The lowest BCUT2D eigenvalue weighted by Gasteiger charge is -2.40. The van der Waals surface area contributed by atoms with Gasteiger partial charge >= 0.3 is 0 Å². The predicted octanol–water partition coefficient (Wildman–Crippen LogP) is 2.33. The van der Waals surface area contributed by atoms with E-state index in [4.69, 9.17) is 0 Å². The van der Waals surface area contributed by atoms with E-state index >= 15 is 0 Å². The van der Waals surface area contributed by atoms with E-state index in [0.717, 1.165) is 56.0 Å². The lowest BCUT2D eigenvalue weighted by Crippen LogP contribution is -2.57. The zero-order valence-electron chi connectivity index (χ0n) is 16.8. The van der Waals surface area contributed by atoms with E-state index in [1.54, 1.807) is 0 Å². The maximum absolute atomic E-state index is 13.0. The second-order valence-electron chi connectivity index (χ2n) is 8.23. The van der Waals surface area contributed by atoms with Gasteiger partial charge in [-0.3, -0.25) is 9.69 Å². The summed E-state index contributed by atoms with van der Waals surface area (Å²) in [4.78, 5) is 22.2. The predicted molar refractivity (Wildman–Crippen MR) is 113 cm³/mol. The number of carbonyl (C=O) groups excluding carboxylic acids is 1. The summed E-state index contributed by atoms with van der Waals surface area (Å²) in [7, 11) is 0. The van der Waals surface area contributed by atoms with Crippen LogP contribution in [0.4, 0.5) is 0 Å². The fourth-order valence-corrected chi connectivity index (χ4v) is 4.67. The summed E-state index contributed by atoms with van der Waals surface area (Å²) < 4.78 is 2.14. The Balaban J connectivity index is 1.24. The number of nitrogens with one attached hydrogen (secondary N) is 1. The molecule has 2 aliphatic rings. The van der Waals surface area contributed by atoms with Crippen LogP contribution in [-0.2, 0) is 6.54 Å². The minimum atomic E-state index is 0.166. The van der Waals surface area contributed by atoms with Gasteiger partial charge < -0.3 is 14.6 Å². The Bertz CT molecular complexity index is 1010. The molecule has 2 bridgehead atoms. The molecule has 1 unspecified atom stereocenters. The number of fused-ring (bicyclic) bond motifs is 3. The molecule has 29 heavy (non-hydrogen) atoms. The van der Waals surface area contributed by atoms with Crippen molar-refractivity contribution in [1.29, 1.82) is 0 Å². The molecule has 1 aromatic carbocycles. The van der Waals surface area contributed by atoms with Crippen molar-refractivity contribution >= 4 is 11.6 Å². The first-order valence-electron chi connectivity index (χ1n) is 10.4. The van der Waals surface area contributed by atoms with Gasteiger partial charge in [-0.05, 0) is 43.2 Å². The minimum absolute atomic E-state index is 0.166. The number of rotatable bonds is 5. The van der Waals surface area contributed by atoms with Gasteiger partial charge in [0.25, 0.3) is 5.91 Å². The van der Waals surface area contributed by atoms with E-state index in [1.807, 2.05) is 36.5 Å². The van der Waals surface area contributed by atoms with Crippen molar-refractivity contribution < 1.29 is 4.79 Å². The number of pyridine rings is 1. The van der Waals surface area contributed by atoms with E-state index in [-0.39, 0.29) is 5.91 Å². The summed E-state index contributed by atoms with van der Waals surface area (Å²) in [5, 5.41) is 3.61. The SMILES string of the molecule is Cc1ccn2c(CNC[C@H]3CN(C(=O)c4ccccc4)[C@H]4CCN3C4)cnc2c1. The Kier molecular flexibility index (Phi) is 4.81. The van der Waals surface area contributed by atoms with Crippen LogP contribution in [0.1, 0.15) is 28.0 Å².